The highest BCUT2D eigenvalue weighted by Gasteiger charge is 2.17. The molecule has 0 spiro atoms. The Hall–Kier alpha value is -3.36. The van der Waals surface area contributed by atoms with Gasteiger partial charge in [0, 0.05) is 23.0 Å². The predicted octanol–water partition coefficient (Wildman–Crippen LogP) is 4.84. The van der Waals surface area contributed by atoms with Crippen LogP contribution in [0.4, 0.5) is 0 Å². The van der Waals surface area contributed by atoms with Gasteiger partial charge in [0.05, 0.1) is 26.1 Å². The first-order valence-corrected chi connectivity index (χ1v) is 11.9. The second-order valence-corrected chi connectivity index (χ2v) is 9.10. The normalized spacial score (nSPS) is 10.9. The third-order valence-corrected chi connectivity index (χ3v) is 6.91. The first-order chi connectivity index (χ1) is 16.4. The van der Waals surface area contributed by atoms with E-state index in [1.807, 2.05) is 55.5 Å². The van der Waals surface area contributed by atoms with Gasteiger partial charge in [-0.3, -0.25) is 14.2 Å². The lowest BCUT2D eigenvalue weighted by molar-refractivity contribution is -0.132. The van der Waals surface area contributed by atoms with Crippen molar-refractivity contribution >= 4 is 39.1 Å². The number of amides is 1. The maximum absolute atomic E-state index is 13.1. The Labute approximate surface area is 206 Å². The number of aromatic nitrogens is 2. The van der Waals surface area contributed by atoms with Crippen molar-refractivity contribution in [3.8, 4) is 21.9 Å². The average Bonchev–Trinajstić information content (AvgIpc) is 3.29. The Balaban J connectivity index is 1.55. The molecule has 9 heteroatoms. The lowest BCUT2D eigenvalue weighted by Crippen LogP contribution is -2.36. The van der Waals surface area contributed by atoms with Crippen LogP contribution < -0.4 is 15.0 Å². The van der Waals surface area contributed by atoms with E-state index >= 15 is 0 Å². The lowest BCUT2D eigenvalue weighted by Gasteiger charge is -2.22. The Bertz CT molecular complexity index is 1380. The van der Waals surface area contributed by atoms with Crippen LogP contribution in [-0.2, 0) is 17.9 Å². The van der Waals surface area contributed by atoms with Gasteiger partial charge in [-0.2, -0.15) is 0 Å². The minimum Gasteiger partial charge on any atom is -0.493 e. The smallest absolute Gasteiger partial charge is 0.271 e. The van der Waals surface area contributed by atoms with Crippen LogP contribution in [0, 0.1) is 0 Å². The number of carbonyl (C=O) groups excluding carboxylic acids is 1. The zero-order chi connectivity index (χ0) is 24.2. The van der Waals surface area contributed by atoms with E-state index in [9.17, 15) is 9.59 Å². The van der Waals surface area contributed by atoms with Crippen molar-refractivity contribution in [3.63, 3.8) is 0 Å². The van der Waals surface area contributed by atoms with Gasteiger partial charge in [0.15, 0.2) is 11.5 Å². The van der Waals surface area contributed by atoms with Gasteiger partial charge in [-0.15, -0.1) is 11.3 Å². The first-order valence-electron chi connectivity index (χ1n) is 10.7. The van der Waals surface area contributed by atoms with Crippen LogP contribution in [0.5, 0.6) is 11.5 Å². The molecule has 0 aliphatic heterocycles. The van der Waals surface area contributed by atoms with Crippen LogP contribution in [0.25, 0.3) is 20.7 Å². The van der Waals surface area contributed by atoms with Crippen LogP contribution in [-0.4, -0.2) is 41.1 Å². The fraction of sp³-hybridized carbons (Fsp3) is 0.240. The minimum absolute atomic E-state index is 0.0862. The molecule has 4 rings (SSSR count). The van der Waals surface area contributed by atoms with Gasteiger partial charge >= 0.3 is 0 Å². The van der Waals surface area contributed by atoms with E-state index in [-0.39, 0.29) is 18.0 Å². The third kappa shape index (κ3) is 4.93. The number of likely N-dealkylation sites (N-methyl/N-ethyl adjacent to an activating group) is 1. The summed E-state index contributed by atoms with van der Waals surface area (Å²) in [5, 5.41) is 0.650. The Morgan fingerprint density at radius 2 is 1.82 bits per heavy atom. The summed E-state index contributed by atoms with van der Waals surface area (Å²) in [6.07, 6.45) is 1.44. The van der Waals surface area contributed by atoms with E-state index < -0.39 is 0 Å². The summed E-state index contributed by atoms with van der Waals surface area (Å²) in [4.78, 5) is 33.2. The highest BCUT2D eigenvalue weighted by atomic mass is 35.5. The van der Waals surface area contributed by atoms with Crippen LogP contribution >= 0.6 is 22.9 Å². The third-order valence-electron chi connectivity index (χ3n) is 5.49. The number of benzene rings is 2. The zero-order valence-electron chi connectivity index (χ0n) is 19.1. The number of hydrogen-bond donors (Lipinski definition) is 0. The maximum Gasteiger partial charge on any atom is 0.271 e. The van der Waals surface area contributed by atoms with Crippen LogP contribution in [0.1, 0.15) is 12.5 Å². The molecule has 0 saturated carbocycles. The van der Waals surface area contributed by atoms with Crippen molar-refractivity contribution in [1.29, 1.82) is 0 Å². The van der Waals surface area contributed by atoms with Gasteiger partial charge in [0.25, 0.3) is 5.56 Å². The molecule has 0 N–H and O–H groups in total. The second-order valence-electron chi connectivity index (χ2n) is 7.61. The fourth-order valence-corrected chi connectivity index (χ4v) is 4.83. The first kappa shape index (κ1) is 23.8. The number of halogens is 1. The quantitative estimate of drug-likeness (QED) is 0.348. The number of carbonyl (C=O) groups is 1. The van der Waals surface area contributed by atoms with Crippen molar-refractivity contribution in [2.75, 3.05) is 20.8 Å². The number of thiophene rings is 1. The molecule has 2 aromatic carbocycles. The summed E-state index contributed by atoms with van der Waals surface area (Å²) in [6, 6.07) is 14.9. The molecular formula is C25H24ClN3O4S. The summed E-state index contributed by atoms with van der Waals surface area (Å²) in [6.45, 7) is 2.70. The average molecular weight is 498 g/mol. The van der Waals surface area contributed by atoms with Gasteiger partial charge in [-0.1, -0.05) is 29.8 Å². The number of rotatable bonds is 8. The molecule has 176 valence electrons. The standard InChI is InChI=1S/C25H24ClN3O4S/c1-4-28(13-16-5-10-20(32-2)21(11-16)33-3)23(30)14-29-15-27-19-12-22(34-24(19)25(29)31)17-6-8-18(26)9-7-17/h5-12,15H,4,13-14H2,1-3H3. The molecular weight excluding hydrogens is 474 g/mol. The topological polar surface area (TPSA) is 73.7 Å². The fourth-order valence-electron chi connectivity index (χ4n) is 3.64. The molecule has 0 saturated heterocycles. The Morgan fingerprint density at radius 1 is 1.09 bits per heavy atom. The largest absolute Gasteiger partial charge is 0.493 e. The van der Waals surface area contributed by atoms with Gasteiger partial charge in [-0.05, 0) is 48.4 Å². The molecule has 2 aromatic heterocycles. The molecule has 0 aliphatic rings. The van der Waals surface area contributed by atoms with E-state index in [0.717, 1.165) is 16.0 Å². The number of methoxy groups -OCH3 is 2. The van der Waals surface area contributed by atoms with E-state index in [2.05, 4.69) is 4.98 Å². The highest BCUT2D eigenvalue weighted by molar-refractivity contribution is 7.22. The summed E-state index contributed by atoms with van der Waals surface area (Å²) in [5.74, 6) is 1.05. The molecule has 0 radical (unpaired) electrons. The monoisotopic (exact) mass is 497 g/mol. The van der Waals surface area contributed by atoms with Gasteiger partial charge in [-0.25, -0.2) is 4.98 Å². The molecule has 34 heavy (non-hydrogen) atoms. The van der Waals surface area contributed by atoms with E-state index in [4.69, 9.17) is 21.1 Å². The molecule has 0 bridgehead atoms. The van der Waals surface area contributed by atoms with Gasteiger partial charge in [0.2, 0.25) is 5.91 Å². The second kappa shape index (κ2) is 10.3. The number of hydrogen-bond acceptors (Lipinski definition) is 6. The molecule has 0 atom stereocenters. The summed E-state index contributed by atoms with van der Waals surface area (Å²) < 4.78 is 12.5. The van der Waals surface area contributed by atoms with E-state index in [0.29, 0.717) is 39.8 Å². The summed E-state index contributed by atoms with van der Waals surface area (Å²) in [7, 11) is 3.15. The van der Waals surface area contributed by atoms with Crippen molar-refractivity contribution in [2.24, 2.45) is 0 Å². The van der Waals surface area contributed by atoms with Crippen LogP contribution in [0.2, 0.25) is 5.02 Å². The molecule has 0 unspecified atom stereocenters. The lowest BCUT2D eigenvalue weighted by atomic mass is 10.2. The van der Waals surface area contributed by atoms with Gasteiger partial charge in [0.1, 0.15) is 11.2 Å². The minimum atomic E-state index is -0.231. The Morgan fingerprint density at radius 3 is 2.50 bits per heavy atom. The van der Waals surface area contributed by atoms with Crippen molar-refractivity contribution in [1.82, 2.24) is 14.5 Å². The summed E-state index contributed by atoms with van der Waals surface area (Å²) in [5.41, 5.74) is 2.24. The van der Waals surface area contributed by atoms with Crippen LogP contribution in [0.15, 0.2) is 59.7 Å². The predicted molar refractivity (Wildman–Crippen MR) is 135 cm³/mol. The highest BCUT2D eigenvalue weighted by Crippen LogP contribution is 2.31. The SMILES string of the molecule is CCN(Cc1ccc(OC)c(OC)c1)C(=O)Cn1cnc2cc(-c3ccc(Cl)cc3)sc2c1=O. The molecule has 1 amide bonds. The number of ether oxygens (including phenoxy) is 2. The number of nitrogens with zero attached hydrogens (tertiary/aromatic N) is 3. The van der Waals surface area contributed by atoms with Crippen LogP contribution in [0.3, 0.4) is 0 Å². The molecule has 0 fully saturated rings. The summed E-state index contributed by atoms with van der Waals surface area (Å²) >= 11 is 7.34. The van der Waals surface area contributed by atoms with E-state index in [1.54, 1.807) is 19.1 Å². The molecule has 4 aromatic rings. The van der Waals surface area contributed by atoms with Gasteiger partial charge < -0.3 is 14.4 Å². The van der Waals surface area contributed by atoms with Crippen molar-refractivity contribution in [2.45, 2.75) is 20.0 Å². The number of fused-ring (bicyclic) bond motifs is 1. The van der Waals surface area contributed by atoms with Crippen molar-refractivity contribution < 1.29 is 14.3 Å². The van der Waals surface area contributed by atoms with Crippen molar-refractivity contribution in [3.05, 3.63) is 75.8 Å². The van der Waals surface area contributed by atoms with E-state index in [1.165, 1.54) is 22.2 Å². The Kier molecular flexibility index (Phi) is 7.19. The molecule has 0 aliphatic carbocycles. The zero-order valence-corrected chi connectivity index (χ0v) is 20.7. The molecule has 2 heterocycles. The molecule has 7 nitrogen and oxygen atoms in total. The maximum atomic E-state index is 13.1.